The second-order valence-corrected chi connectivity index (χ2v) is 3.83. The van der Waals surface area contributed by atoms with Crippen LogP contribution in [0.2, 0.25) is 0 Å². The van der Waals surface area contributed by atoms with E-state index in [4.69, 9.17) is 10.00 Å². The van der Waals surface area contributed by atoms with Crippen LogP contribution >= 0.6 is 0 Å². The van der Waals surface area contributed by atoms with Gasteiger partial charge >= 0.3 is 6.09 Å². The summed E-state index contributed by atoms with van der Waals surface area (Å²) in [4.78, 5) is 11.5. The molecule has 2 rings (SSSR count). The molecule has 1 aromatic carbocycles. The predicted octanol–water partition coefficient (Wildman–Crippen LogP) is 1.47. The second-order valence-electron chi connectivity index (χ2n) is 3.83. The van der Waals surface area contributed by atoms with Gasteiger partial charge in [0.15, 0.2) is 0 Å². The van der Waals surface area contributed by atoms with Crippen molar-refractivity contribution in [2.45, 2.75) is 12.5 Å². The molecule has 0 saturated carbocycles. The molecule has 1 atom stereocenters. The lowest BCUT2D eigenvalue weighted by molar-refractivity contribution is 0.121. The third-order valence-corrected chi connectivity index (χ3v) is 2.55. The third kappa shape index (κ3) is 3.20. The Morgan fingerprint density at radius 2 is 2.24 bits per heavy atom. The maximum Gasteiger partial charge on any atom is 0.411 e. The number of hydrogen-bond donors (Lipinski definition) is 2. The van der Waals surface area contributed by atoms with Gasteiger partial charge in [0, 0.05) is 12.2 Å². The van der Waals surface area contributed by atoms with Gasteiger partial charge in [0.2, 0.25) is 0 Å². The van der Waals surface area contributed by atoms with Crippen molar-refractivity contribution in [3.05, 3.63) is 29.8 Å². The molecule has 5 nitrogen and oxygen atoms in total. The standard InChI is InChI=1S/C12H13N3O2/c13-7-9-1-3-10(4-2-9)15-12(16)17-11-5-6-14-8-11/h1-4,11,14H,5-6,8H2,(H,15,16). The van der Waals surface area contributed by atoms with Crippen LogP contribution in [0.25, 0.3) is 0 Å². The van der Waals surface area contributed by atoms with Gasteiger partial charge in [0.25, 0.3) is 0 Å². The number of ether oxygens (including phenoxy) is 1. The number of nitrogens with one attached hydrogen (secondary N) is 2. The minimum Gasteiger partial charge on any atom is -0.445 e. The Balaban J connectivity index is 1.86. The SMILES string of the molecule is N#Cc1ccc(NC(=O)OC2CCNC2)cc1. The molecule has 0 aromatic heterocycles. The molecule has 1 aliphatic heterocycles. The number of hydrogen-bond acceptors (Lipinski definition) is 4. The molecule has 1 aliphatic rings. The van der Waals surface area contributed by atoms with Crippen LogP contribution in [0.4, 0.5) is 10.5 Å². The van der Waals surface area contributed by atoms with Crippen molar-refractivity contribution in [3.8, 4) is 6.07 Å². The second kappa shape index (κ2) is 5.32. The number of anilines is 1. The average Bonchev–Trinajstić information content (AvgIpc) is 2.82. The Bertz CT molecular complexity index is 430. The van der Waals surface area contributed by atoms with E-state index >= 15 is 0 Å². The quantitative estimate of drug-likeness (QED) is 0.808. The van der Waals surface area contributed by atoms with E-state index in [2.05, 4.69) is 10.6 Å². The first-order chi connectivity index (χ1) is 8.28. The third-order valence-electron chi connectivity index (χ3n) is 2.55. The largest absolute Gasteiger partial charge is 0.445 e. The van der Waals surface area contributed by atoms with E-state index in [0.29, 0.717) is 17.8 Å². The fraction of sp³-hybridized carbons (Fsp3) is 0.333. The number of nitrogens with zero attached hydrogens (tertiary/aromatic N) is 1. The van der Waals surface area contributed by atoms with Crippen molar-refractivity contribution >= 4 is 11.8 Å². The molecule has 1 amide bonds. The normalized spacial score (nSPS) is 18.4. The lowest BCUT2D eigenvalue weighted by atomic mass is 10.2. The molecule has 17 heavy (non-hydrogen) atoms. The number of rotatable bonds is 2. The van der Waals surface area contributed by atoms with Gasteiger partial charge in [0.05, 0.1) is 11.6 Å². The molecule has 2 N–H and O–H groups in total. The van der Waals surface area contributed by atoms with E-state index in [9.17, 15) is 4.79 Å². The van der Waals surface area contributed by atoms with Crippen molar-refractivity contribution in [2.75, 3.05) is 18.4 Å². The number of carbonyl (C=O) groups excluding carboxylic acids is 1. The number of nitriles is 1. The maximum atomic E-state index is 11.5. The molecule has 1 heterocycles. The molecule has 1 aromatic rings. The van der Waals surface area contributed by atoms with Crippen LogP contribution < -0.4 is 10.6 Å². The first-order valence-electron chi connectivity index (χ1n) is 5.46. The highest BCUT2D eigenvalue weighted by molar-refractivity contribution is 5.84. The summed E-state index contributed by atoms with van der Waals surface area (Å²) in [6.07, 6.45) is 0.345. The van der Waals surface area contributed by atoms with Crippen molar-refractivity contribution in [3.63, 3.8) is 0 Å². The molecule has 1 fully saturated rings. The topological polar surface area (TPSA) is 74.2 Å². The van der Waals surface area contributed by atoms with Crippen LogP contribution in [0.3, 0.4) is 0 Å². The van der Waals surface area contributed by atoms with Gasteiger partial charge in [-0.05, 0) is 37.2 Å². The Morgan fingerprint density at radius 3 is 2.82 bits per heavy atom. The molecular weight excluding hydrogens is 218 g/mol. The number of benzene rings is 1. The predicted molar refractivity (Wildman–Crippen MR) is 62.5 cm³/mol. The van der Waals surface area contributed by atoms with Gasteiger partial charge in [-0.3, -0.25) is 5.32 Å². The van der Waals surface area contributed by atoms with Crippen LogP contribution in [-0.2, 0) is 4.74 Å². The average molecular weight is 231 g/mol. The lowest BCUT2D eigenvalue weighted by Gasteiger charge is -2.11. The Labute approximate surface area is 99.4 Å². The van der Waals surface area contributed by atoms with Gasteiger partial charge < -0.3 is 10.1 Å². The minimum atomic E-state index is -0.455. The number of carbonyl (C=O) groups is 1. The van der Waals surface area contributed by atoms with Gasteiger partial charge in [-0.2, -0.15) is 5.26 Å². The zero-order valence-corrected chi connectivity index (χ0v) is 9.27. The van der Waals surface area contributed by atoms with Crippen molar-refractivity contribution in [2.24, 2.45) is 0 Å². The Morgan fingerprint density at radius 1 is 1.47 bits per heavy atom. The Kier molecular flexibility index (Phi) is 3.58. The first kappa shape index (κ1) is 11.4. The smallest absolute Gasteiger partial charge is 0.411 e. The van der Waals surface area contributed by atoms with Crippen LogP contribution in [0.15, 0.2) is 24.3 Å². The van der Waals surface area contributed by atoms with Gasteiger partial charge in [0.1, 0.15) is 6.10 Å². The Hall–Kier alpha value is -2.06. The van der Waals surface area contributed by atoms with E-state index in [1.807, 2.05) is 6.07 Å². The molecule has 0 aliphatic carbocycles. The van der Waals surface area contributed by atoms with E-state index in [1.165, 1.54) is 0 Å². The molecule has 5 heteroatoms. The van der Waals surface area contributed by atoms with E-state index in [-0.39, 0.29) is 6.10 Å². The van der Waals surface area contributed by atoms with Crippen LogP contribution in [0.1, 0.15) is 12.0 Å². The zero-order valence-electron chi connectivity index (χ0n) is 9.27. The van der Waals surface area contributed by atoms with Crippen LogP contribution in [0, 0.1) is 11.3 Å². The monoisotopic (exact) mass is 231 g/mol. The summed E-state index contributed by atoms with van der Waals surface area (Å²) in [7, 11) is 0. The summed E-state index contributed by atoms with van der Waals surface area (Å²) >= 11 is 0. The number of amides is 1. The lowest BCUT2D eigenvalue weighted by Crippen LogP contribution is -2.24. The van der Waals surface area contributed by atoms with Gasteiger partial charge in [-0.1, -0.05) is 0 Å². The highest BCUT2D eigenvalue weighted by Crippen LogP contribution is 2.10. The van der Waals surface area contributed by atoms with Crippen molar-refractivity contribution < 1.29 is 9.53 Å². The highest BCUT2D eigenvalue weighted by atomic mass is 16.6. The molecular formula is C12H13N3O2. The molecule has 0 bridgehead atoms. The van der Waals surface area contributed by atoms with E-state index in [1.54, 1.807) is 24.3 Å². The van der Waals surface area contributed by atoms with E-state index in [0.717, 1.165) is 13.0 Å². The maximum absolute atomic E-state index is 11.5. The summed E-state index contributed by atoms with van der Waals surface area (Å²) < 4.78 is 5.19. The highest BCUT2D eigenvalue weighted by Gasteiger charge is 2.18. The summed E-state index contributed by atoms with van der Waals surface area (Å²) in [5.41, 5.74) is 1.18. The molecule has 88 valence electrons. The van der Waals surface area contributed by atoms with Crippen LogP contribution in [-0.4, -0.2) is 25.3 Å². The molecule has 1 saturated heterocycles. The zero-order chi connectivity index (χ0) is 12.1. The van der Waals surface area contributed by atoms with E-state index < -0.39 is 6.09 Å². The molecule has 0 spiro atoms. The summed E-state index contributed by atoms with van der Waals surface area (Å²) in [6.45, 7) is 1.59. The van der Waals surface area contributed by atoms with Crippen LogP contribution in [0.5, 0.6) is 0 Å². The van der Waals surface area contributed by atoms with Crippen molar-refractivity contribution in [1.29, 1.82) is 5.26 Å². The first-order valence-corrected chi connectivity index (χ1v) is 5.46. The van der Waals surface area contributed by atoms with Crippen molar-refractivity contribution in [1.82, 2.24) is 5.32 Å². The summed E-state index contributed by atoms with van der Waals surface area (Å²) in [5, 5.41) is 14.4. The fourth-order valence-electron chi connectivity index (χ4n) is 1.66. The fourth-order valence-corrected chi connectivity index (χ4v) is 1.66. The minimum absolute atomic E-state index is 0.0478. The summed E-state index contributed by atoms with van der Waals surface area (Å²) in [5.74, 6) is 0. The van der Waals surface area contributed by atoms with Gasteiger partial charge in [-0.25, -0.2) is 4.79 Å². The van der Waals surface area contributed by atoms with Gasteiger partial charge in [-0.15, -0.1) is 0 Å². The molecule has 1 unspecified atom stereocenters. The summed E-state index contributed by atoms with van der Waals surface area (Å²) in [6, 6.07) is 8.65. The molecule has 0 radical (unpaired) electrons.